The van der Waals surface area contributed by atoms with E-state index >= 15 is 0 Å². The minimum Gasteiger partial charge on any atom is -0.326 e. The minimum atomic E-state index is 0.311. The first-order chi connectivity index (χ1) is 5.00. The Morgan fingerprint density at radius 3 is 2.36 bits per heavy atom. The molecule has 2 atom stereocenters. The van der Waals surface area contributed by atoms with Gasteiger partial charge < -0.3 is 14.5 Å². The van der Waals surface area contributed by atoms with Crippen molar-refractivity contribution >= 4 is 0 Å². The quantitative estimate of drug-likeness (QED) is 0.545. The molecule has 3 nitrogen and oxygen atoms in total. The summed E-state index contributed by atoms with van der Waals surface area (Å²) in [6.07, 6.45) is 0.311. The molecule has 1 N–H and O–H groups in total. The molecule has 1 aliphatic rings. The zero-order valence-electron chi connectivity index (χ0n) is 7.92. The summed E-state index contributed by atoms with van der Waals surface area (Å²) in [7, 11) is 6.47. The number of nitrogens with one attached hydrogen (secondary N) is 1. The molecule has 0 radical (unpaired) electrons. The van der Waals surface area contributed by atoms with Crippen LogP contribution in [0.1, 0.15) is 6.92 Å². The first-order valence-corrected chi connectivity index (χ1v) is 4.16. The Balaban J connectivity index is 2.39. The lowest BCUT2D eigenvalue weighted by atomic mass is 10.3. The fraction of sp³-hybridized carbons (Fsp3) is 1.00. The van der Waals surface area contributed by atoms with E-state index in [-0.39, 0.29) is 0 Å². The van der Waals surface area contributed by atoms with Crippen molar-refractivity contribution in [2.45, 2.75) is 19.2 Å². The van der Waals surface area contributed by atoms with E-state index in [2.05, 4.69) is 33.4 Å². The highest BCUT2D eigenvalue weighted by Gasteiger charge is 2.28. The van der Waals surface area contributed by atoms with E-state index in [4.69, 9.17) is 4.74 Å². The van der Waals surface area contributed by atoms with Gasteiger partial charge in [-0.3, -0.25) is 0 Å². The minimum absolute atomic E-state index is 0.311. The molecule has 3 heteroatoms. The molecular formula is C8H19N2O+. The van der Waals surface area contributed by atoms with Crippen molar-refractivity contribution in [2.24, 2.45) is 0 Å². The van der Waals surface area contributed by atoms with Crippen LogP contribution < -0.4 is 5.32 Å². The Morgan fingerprint density at radius 1 is 1.36 bits per heavy atom. The average Bonchev–Trinajstić information content (AvgIpc) is 1.86. The lowest BCUT2D eigenvalue weighted by Crippen LogP contribution is -2.57. The van der Waals surface area contributed by atoms with E-state index in [9.17, 15) is 0 Å². The molecule has 2 unspecified atom stereocenters. The van der Waals surface area contributed by atoms with Gasteiger partial charge in [0.2, 0.25) is 6.23 Å². The summed E-state index contributed by atoms with van der Waals surface area (Å²) in [5.41, 5.74) is 0. The van der Waals surface area contributed by atoms with Crippen molar-refractivity contribution in [1.82, 2.24) is 5.32 Å². The molecule has 0 bridgehead atoms. The Kier molecular flexibility index (Phi) is 2.52. The average molecular weight is 159 g/mol. The number of rotatable bonds is 1. The Hall–Kier alpha value is -0.120. The third-order valence-electron chi connectivity index (χ3n) is 2.04. The van der Waals surface area contributed by atoms with Crippen molar-refractivity contribution in [2.75, 3.05) is 34.3 Å². The molecule has 66 valence electrons. The Morgan fingerprint density at radius 2 is 2.00 bits per heavy atom. The highest BCUT2D eigenvalue weighted by Crippen LogP contribution is 2.08. The zero-order chi connectivity index (χ0) is 8.48. The van der Waals surface area contributed by atoms with Crippen molar-refractivity contribution in [3.63, 3.8) is 0 Å². The first-order valence-electron chi connectivity index (χ1n) is 4.16. The van der Waals surface area contributed by atoms with E-state index in [0.29, 0.717) is 12.3 Å². The van der Waals surface area contributed by atoms with Gasteiger partial charge >= 0.3 is 0 Å². The van der Waals surface area contributed by atoms with Crippen LogP contribution in [-0.2, 0) is 4.74 Å². The SMILES string of the molecule is CC1COC([N+](C)(C)C)CN1. The second-order valence-electron chi connectivity index (χ2n) is 4.21. The molecule has 11 heavy (non-hydrogen) atoms. The van der Waals surface area contributed by atoms with Gasteiger partial charge in [0, 0.05) is 6.04 Å². The fourth-order valence-electron chi connectivity index (χ4n) is 1.17. The molecule has 0 aliphatic carbocycles. The number of hydrogen-bond acceptors (Lipinski definition) is 2. The summed E-state index contributed by atoms with van der Waals surface area (Å²) >= 11 is 0. The van der Waals surface area contributed by atoms with Gasteiger partial charge in [0.25, 0.3) is 0 Å². The summed E-state index contributed by atoms with van der Waals surface area (Å²) in [5, 5.41) is 3.40. The normalized spacial score (nSPS) is 33.8. The smallest absolute Gasteiger partial charge is 0.205 e. The molecule has 0 aromatic heterocycles. The van der Waals surface area contributed by atoms with Crippen LogP contribution in [0.25, 0.3) is 0 Å². The third-order valence-corrected chi connectivity index (χ3v) is 2.04. The lowest BCUT2D eigenvalue weighted by Gasteiger charge is -2.38. The standard InChI is InChI=1S/C8H19N2O/c1-7-6-11-8(5-9-7)10(2,3)4/h7-9H,5-6H2,1-4H3/q+1. The van der Waals surface area contributed by atoms with Crippen LogP contribution in [0, 0.1) is 0 Å². The van der Waals surface area contributed by atoms with E-state index in [1.54, 1.807) is 0 Å². The number of hydrogen-bond donors (Lipinski definition) is 1. The third kappa shape index (κ3) is 2.43. The van der Waals surface area contributed by atoms with Gasteiger partial charge in [-0.1, -0.05) is 0 Å². The Bertz CT molecular complexity index is 123. The summed E-state index contributed by atoms with van der Waals surface area (Å²) in [6, 6.07) is 0.512. The monoisotopic (exact) mass is 159 g/mol. The highest BCUT2D eigenvalue weighted by atomic mass is 16.5. The van der Waals surface area contributed by atoms with Crippen LogP contribution >= 0.6 is 0 Å². The van der Waals surface area contributed by atoms with Gasteiger partial charge in [-0.05, 0) is 6.92 Å². The van der Waals surface area contributed by atoms with Crippen molar-refractivity contribution in [3.05, 3.63) is 0 Å². The molecule has 1 fully saturated rings. The van der Waals surface area contributed by atoms with Crippen LogP contribution in [0.2, 0.25) is 0 Å². The fourth-order valence-corrected chi connectivity index (χ4v) is 1.17. The Labute approximate surface area is 68.9 Å². The molecule has 0 amide bonds. The van der Waals surface area contributed by atoms with Crippen LogP contribution in [0.5, 0.6) is 0 Å². The van der Waals surface area contributed by atoms with Crippen LogP contribution in [0.4, 0.5) is 0 Å². The van der Waals surface area contributed by atoms with E-state index < -0.39 is 0 Å². The van der Waals surface area contributed by atoms with Crippen LogP contribution in [-0.4, -0.2) is 51.0 Å². The van der Waals surface area contributed by atoms with Gasteiger partial charge in [-0.25, -0.2) is 0 Å². The summed E-state index contributed by atoms with van der Waals surface area (Å²) in [6.45, 7) is 3.94. The maximum absolute atomic E-state index is 5.66. The molecule has 0 spiro atoms. The number of likely N-dealkylation sites (N-methyl/N-ethyl adjacent to an activating group) is 1. The van der Waals surface area contributed by atoms with Gasteiger partial charge in [-0.15, -0.1) is 0 Å². The van der Waals surface area contributed by atoms with E-state index in [0.717, 1.165) is 17.6 Å². The number of morpholine rings is 1. The molecule has 0 aromatic carbocycles. The predicted octanol–water partition coefficient (Wildman–Crippen LogP) is 0.0270. The van der Waals surface area contributed by atoms with Gasteiger partial charge in [0.05, 0.1) is 34.3 Å². The summed E-state index contributed by atoms with van der Waals surface area (Å²) in [5.74, 6) is 0. The van der Waals surface area contributed by atoms with Crippen LogP contribution in [0.3, 0.4) is 0 Å². The molecule has 1 saturated heterocycles. The maximum Gasteiger partial charge on any atom is 0.205 e. The molecule has 1 rings (SSSR count). The largest absolute Gasteiger partial charge is 0.326 e. The summed E-state index contributed by atoms with van der Waals surface area (Å²) < 4.78 is 6.54. The predicted molar refractivity (Wildman–Crippen MR) is 45.2 cm³/mol. The van der Waals surface area contributed by atoms with Gasteiger partial charge in [0.15, 0.2) is 0 Å². The molecule has 0 saturated carbocycles. The second-order valence-corrected chi connectivity index (χ2v) is 4.21. The molecule has 1 aliphatic heterocycles. The number of nitrogens with zero attached hydrogens (tertiary/aromatic N) is 1. The topological polar surface area (TPSA) is 21.3 Å². The van der Waals surface area contributed by atoms with E-state index in [1.165, 1.54) is 0 Å². The zero-order valence-corrected chi connectivity index (χ0v) is 7.92. The lowest BCUT2D eigenvalue weighted by molar-refractivity contribution is -0.919. The maximum atomic E-state index is 5.66. The molecule has 0 aromatic rings. The van der Waals surface area contributed by atoms with Crippen molar-refractivity contribution in [3.8, 4) is 0 Å². The van der Waals surface area contributed by atoms with Crippen LogP contribution in [0.15, 0.2) is 0 Å². The second kappa shape index (κ2) is 3.09. The first kappa shape index (κ1) is 8.97. The van der Waals surface area contributed by atoms with Gasteiger partial charge in [-0.2, -0.15) is 0 Å². The van der Waals surface area contributed by atoms with Crippen molar-refractivity contribution < 1.29 is 9.22 Å². The highest BCUT2D eigenvalue weighted by molar-refractivity contribution is 4.66. The number of quaternary nitrogens is 1. The summed E-state index contributed by atoms with van der Waals surface area (Å²) in [4.78, 5) is 0. The van der Waals surface area contributed by atoms with Gasteiger partial charge in [0.1, 0.15) is 0 Å². The van der Waals surface area contributed by atoms with E-state index in [1.807, 2.05) is 0 Å². The molecule has 1 heterocycles. The molecular weight excluding hydrogens is 140 g/mol. The van der Waals surface area contributed by atoms with Crippen molar-refractivity contribution in [1.29, 1.82) is 0 Å². The number of ether oxygens (including phenoxy) is 1.